The fraction of sp³-hybridized carbons (Fsp3) is 0.324. The van der Waals surface area contributed by atoms with Gasteiger partial charge in [0.15, 0.2) is 11.4 Å². The van der Waals surface area contributed by atoms with E-state index in [4.69, 9.17) is 14.6 Å². The van der Waals surface area contributed by atoms with Crippen molar-refractivity contribution < 1.29 is 29.3 Å². The average Bonchev–Trinajstić information content (AvgIpc) is 3.47. The highest BCUT2D eigenvalue weighted by Crippen LogP contribution is 2.40. The molecule has 3 N–H and O–H groups in total. The van der Waals surface area contributed by atoms with Crippen LogP contribution in [0.5, 0.6) is 0 Å². The number of thioether (sulfide) groups is 1. The van der Waals surface area contributed by atoms with Crippen LogP contribution < -0.4 is 5.32 Å². The monoisotopic (exact) mass is 615 g/mol. The molecule has 0 aliphatic carbocycles. The molecule has 0 radical (unpaired) electrons. The molecule has 44 heavy (non-hydrogen) atoms. The van der Waals surface area contributed by atoms with E-state index >= 15 is 0 Å². The summed E-state index contributed by atoms with van der Waals surface area (Å²) in [5.41, 5.74) is 5.74. The summed E-state index contributed by atoms with van der Waals surface area (Å²) in [6.45, 7) is 0.355. The Kier molecular flexibility index (Phi) is 10.8. The number of amides is 1. The van der Waals surface area contributed by atoms with E-state index in [-0.39, 0.29) is 37.6 Å². The second kappa shape index (κ2) is 15.2. The zero-order valence-electron chi connectivity index (χ0n) is 24.6. The predicted molar refractivity (Wildman–Crippen MR) is 168 cm³/mol. The number of nitrogens with zero attached hydrogens (tertiary/aromatic N) is 2. The summed E-state index contributed by atoms with van der Waals surface area (Å²) >= 11 is 1.66. The first kappa shape index (κ1) is 31.5. The zero-order valence-corrected chi connectivity index (χ0v) is 25.4. The van der Waals surface area contributed by atoms with Gasteiger partial charge in [-0.05, 0) is 46.4 Å². The van der Waals surface area contributed by atoms with Gasteiger partial charge in [0.1, 0.15) is 0 Å². The van der Waals surface area contributed by atoms with E-state index < -0.39 is 12.3 Å². The summed E-state index contributed by atoms with van der Waals surface area (Å²) in [4.78, 5) is 27.3. The fourth-order valence-electron chi connectivity index (χ4n) is 5.10. The van der Waals surface area contributed by atoms with Gasteiger partial charge in [-0.1, -0.05) is 72.4 Å². The Bertz CT molecular complexity index is 1560. The number of aliphatic hydroxyl groups excluding tert-OH is 1. The highest BCUT2D eigenvalue weighted by Gasteiger charge is 2.32. The van der Waals surface area contributed by atoms with Gasteiger partial charge in [-0.3, -0.25) is 9.59 Å². The summed E-state index contributed by atoms with van der Waals surface area (Å²) in [6, 6.07) is 24.0. The molecule has 0 saturated carbocycles. The van der Waals surface area contributed by atoms with Crippen LogP contribution in [-0.2, 0) is 39.3 Å². The molecule has 1 aliphatic heterocycles. The van der Waals surface area contributed by atoms with Crippen LogP contribution in [0.2, 0.25) is 0 Å². The molecule has 0 spiro atoms. The van der Waals surface area contributed by atoms with Crippen LogP contribution in [0.3, 0.4) is 0 Å². The number of hydrogen-bond acceptors (Lipinski definition) is 7. The largest absolute Gasteiger partial charge is 0.481 e. The Hall–Kier alpha value is -3.96. The molecular weight excluding hydrogens is 578 g/mol. The van der Waals surface area contributed by atoms with Gasteiger partial charge in [-0.2, -0.15) is 0 Å². The van der Waals surface area contributed by atoms with Crippen LogP contribution in [0.25, 0.3) is 11.1 Å². The summed E-state index contributed by atoms with van der Waals surface area (Å²) < 4.78 is 15.1. The van der Waals surface area contributed by atoms with Gasteiger partial charge in [0.05, 0.1) is 18.8 Å². The maximum Gasteiger partial charge on any atom is 0.303 e. The molecule has 4 aromatic rings. The van der Waals surface area contributed by atoms with Crippen molar-refractivity contribution in [1.29, 1.82) is 0 Å². The standard InChI is InChI=1S/C34H37N3O6S/c1-37-16-15-35-34(37)44-22-29-19-30(25-13-11-23(21-38)12-14-25)43-33(42-29)28-8-3-7-27(18-28)26-6-2-5-24(17-26)20-36-31(39)9-4-10-32(40)41/h2-3,5-8,11-18,29-30,33,38H,4,9-10,19-22H2,1H3,(H,36,39)(H,40,41). The minimum absolute atomic E-state index is 0.00632. The summed E-state index contributed by atoms with van der Waals surface area (Å²) in [6.07, 6.45) is 4.05. The first-order valence-corrected chi connectivity index (χ1v) is 15.6. The van der Waals surface area contributed by atoms with Crippen molar-refractivity contribution in [3.63, 3.8) is 0 Å². The van der Waals surface area contributed by atoms with Crippen molar-refractivity contribution in [1.82, 2.24) is 14.9 Å². The van der Waals surface area contributed by atoms with E-state index in [1.165, 1.54) is 0 Å². The number of rotatable bonds is 13. The van der Waals surface area contributed by atoms with Gasteiger partial charge in [0.25, 0.3) is 0 Å². The van der Waals surface area contributed by atoms with Crippen LogP contribution in [0.4, 0.5) is 0 Å². The smallest absolute Gasteiger partial charge is 0.303 e. The van der Waals surface area contributed by atoms with Crippen LogP contribution in [-0.4, -0.2) is 43.5 Å². The summed E-state index contributed by atoms with van der Waals surface area (Å²) in [5.74, 6) is -0.344. The van der Waals surface area contributed by atoms with Crippen LogP contribution in [0, 0.1) is 0 Å². The van der Waals surface area contributed by atoms with Gasteiger partial charge in [-0.15, -0.1) is 0 Å². The molecule has 1 amide bonds. The van der Waals surface area contributed by atoms with Gasteiger partial charge in [-0.25, -0.2) is 4.98 Å². The number of aryl methyl sites for hydroxylation is 1. The number of ether oxygens (including phenoxy) is 2. The lowest BCUT2D eigenvalue weighted by atomic mass is 9.99. The highest BCUT2D eigenvalue weighted by atomic mass is 32.2. The molecule has 0 bridgehead atoms. The number of aliphatic hydroxyl groups is 1. The Morgan fingerprint density at radius 2 is 1.75 bits per heavy atom. The number of carbonyl (C=O) groups excluding carboxylic acids is 1. The Morgan fingerprint density at radius 3 is 2.48 bits per heavy atom. The molecule has 1 aliphatic rings. The van der Waals surface area contributed by atoms with Gasteiger partial charge < -0.3 is 29.6 Å². The first-order chi connectivity index (χ1) is 21.4. The third-order valence-electron chi connectivity index (χ3n) is 7.49. The fourth-order valence-corrected chi connectivity index (χ4v) is 6.05. The van der Waals surface area contributed by atoms with E-state index in [2.05, 4.69) is 16.4 Å². The minimum atomic E-state index is -0.900. The molecule has 5 rings (SSSR count). The van der Waals surface area contributed by atoms with Crippen LogP contribution >= 0.6 is 11.8 Å². The van der Waals surface area contributed by atoms with Crippen molar-refractivity contribution in [2.24, 2.45) is 7.05 Å². The molecule has 10 heteroatoms. The molecule has 230 valence electrons. The Labute approximate surface area is 261 Å². The lowest BCUT2D eigenvalue weighted by Gasteiger charge is -2.36. The molecule has 1 saturated heterocycles. The average molecular weight is 616 g/mol. The number of benzene rings is 3. The molecule has 9 nitrogen and oxygen atoms in total. The third-order valence-corrected chi connectivity index (χ3v) is 8.68. The zero-order chi connectivity index (χ0) is 30.9. The number of carbonyl (C=O) groups is 2. The van der Waals surface area contributed by atoms with Crippen LogP contribution in [0.1, 0.15) is 60.3 Å². The minimum Gasteiger partial charge on any atom is -0.481 e. The molecule has 3 atom stereocenters. The van der Waals surface area contributed by atoms with Crippen molar-refractivity contribution in [3.05, 3.63) is 107 Å². The number of imidazole rings is 1. The number of aromatic nitrogens is 2. The van der Waals surface area contributed by atoms with Gasteiger partial charge in [0, 0.05) is 56.6 Å². The van der Waals surface area contributed by atoms with Crippen LogP contribution in [0.15, 0.2) is 90.3 Å². The van der Waals surface area contributed by atoms with E-state index in [0.29, 0.717) is 19.4 Å². The van der Waals surface area contributed by atoms with Crippen molar-refractivity contribution in [2.75, 3.05) is 5.75 Å². The lowest BCUT2D eigenvalue weighted by Crippen LogP contribution is -2.31. The van der Waals surface area contributed by atoms with Crippen molar-refractivity contribution in [3.8, 4) is 11.1 Å². The quantitative estimate of drug-likeness (QED) is 0.162. The molecule has 3 aromatic carbocycles. The number of carboxylic acid groups (broad SMARTS) is 1. The van der Waals surface area contributed by atoms with E-state index in [1.807, 2.05) is 84.5 Å². The number of nitrogens with one attached hydrogen (secondary N) is 1. The SMILES string of the molecule is Cn1ccnc1SCC1CC(c2ccc(CO)cc2)OC(c2cccc(-c3cccc(CNC(=O)CCCC(=O)O)c3)c2)O1. The first-order valence-electron chi connectivity index (χ1n) is 14.7. The van der Waals surface area contributed by atoms with E-state index in [9.17, 15) is 14.7 Å². The van der Waals surface area contributed by atoms with Crippen molar-refractivity contribution >= 4 is 23.6 Å². The molecule has 3 unspecified atom stereocenters. The maximum atomic E-state index is 12.1. The second-order valence-corrected chi connectivity index (χ2v) is 11.8. The molecular formula is C34H37N3O6S. The third kappa shape index (κ3) is 8.57. The van der Waals surface area contributed by atoms with E-state index in [1.54, 1.807) is 18.0 Å². The molecule has 1 aromatic heterocycles. The molecule has 2 heterocycles. The predicted octanol–water partition coefficient (Wildman–Crippen LogP) is 5.79. The van der Waals surface area contributed by atoms with Crippen molar-refractivity contribution in [2.45, 2.75) is 62.5 Å². The summed E-state index contributed by atoms with van der Waals surface area (Å²) in [7, 11) is 1.98. The molecule has 1 fully saturated rings. The highest BCUT2D eigenvalue weighted by molar-refractivity contribution is 7.99. The topological polar surface area (TPSA) is 123 Å². The Balaban J connectivity index is 1.31. The summed E-state index contributed by atoms with van der Waals surface area (Å²) in [5, 5.41) is 22.1. The number of hydrogen-bond donors (Lipinski definition) is 3. The second-order valence-electron chi connectivity index (χ2n) is 10.8. The maximum absolute atomic E-state index is 12.1. The van der Waals surface area contributed by atoms with Gasteiger partial charge in [0.2, 0.25) is 5.91 Å². The van der Waals surface area contributed by atoms with E-state index in [0.717, 1.165) is 44.3 Å². The lowest BCUT2D eigenvalue weighted by molar-refractivity contribution is -0.245. The van der Waals surface area contributed by atoms with Gasteiger partial charge >= 0.3 is 5.97 Å². The normalized spacial score (nSPS) is 18.2. The Morgan fingerprint density at radius 1 is 0.977 bits per heavy atom. The number of carboxylic acids is 1. The number of aliphatic carboxylic acids is 1.